The molecule has 1 aromatic rings. The molecule has 0 radical (unpaired) electrons. The van der Waals surface area contributed by atoms with Gasteiger partial charge in [0, 0.05) is 12.1 Å². The Balaban J connectivity index is 2.66. The summed E-state index contributed by atoms with van der Waals surface area (Å²) in [6.07, 6.45) is 0. The summed E-state index contributed by atoms with van der Waals surface area (Å²) >= 11 is 0. The molecular weight excluding hydrogens is 169 g/mol. The first-order valence-corrected chi connectivity index (χ1v) is 4.29. The molecule has 1 rings (SSSR count). The van der Waals surface area contributed by atoms with Crippen LogP contribution >= 0.6 is 0 Å². The highest BCUT2D eigenvalue weighted by molar-refractivity contribution is 5.33. The van der Waals surface area contributed by atoms with Crippen molar-refractivity contribution >= 4 is 0 Å². The predicted octanol–water partition coefficient (Wildman–Crippen LogP) is 1.75. The van der Waals surface area contributed by atoms with Crippen molar-refractivity contribution in [2.45, 2.75) is 6.54 Å². The zero-order chi connectivity index (χ0) is 9.52. The lowest BCUT2D eigenvalue weighted by Crippen LogP contribution is -2.08. The maximum Gasteiger partial charge on any atom is 0.123 e. The smallest absolute Gasteiger partial charge is 0.123 e. The van der Waals surface area contributed by atoms with Crippen molar-refractivity contribution in [3.63, 3.8) is 0 Å². The van der Waals surface area contributed by atoms with E-state index < -0.39 is 6.67 Å². The average Bonchev–Trinajstić information content (AvgIpc) is 2.17. The van der Waals surface area contributed by atoms with E-state index in [1.54, 1.807) is 0 Å². The summed E-state index contributed by atoms with van der Waals surface area (Å²) in [5.74, 6) is 0.759. The summed E-state index contributed by atoms with van der Waals surface area (Å²) in [5, 5.41) is 3.03. The zero-order valence-electron chi connectivity index (χ0n) is 7.72. The monoisotopic (exact) mass is 183 g/mol. The summed E-state index contributed by atoms with van der Waals surface area (Å²) in [5.41, 5.74) is 1.05. The zero-order valence-corrected chi connectivity index (χ0v) is 7.72. The molecule has 72 valence electrons. The predicted molar refractivity (Wildman–Crippen MR) is 50.7 cm³/mol. The van der Waals surface area contributed by atoms with E-state index in [1.165, 1.54) is 0 Å². The molecule has 3 heteroatoms. The van der Waals surface area contributed by atoms with Gasteiger partial charge in [0.25, 0.3) is 0 Å². The van der Waals surface area contributed by atoms with Crippen molar-refractivity contribution in [3.8, 4) is 5.75 Å². The Morgan fingerprint density at radius 3 is 2.85 bits per heavy atom. The number of rotatable bonds is 5. The minimum Gasteiger partial charge on any atom is -0.491 e. The maximum atomic E-state index is 11.9. The quantitative estimate of drug-likeness (QED) is 0.751. The second-order valence-electron chi connectivity index (χ2n) is 2.68. The summed E-state index contributed by atoms with van der Waals surface area (Å²) in [7, 11) is 1.87. The van der Waals surface area contributed by atoms with Crippen LogP contribution in [0.4, 0.5) is 4.39 Å². The number of hydrogen-bond donors (Lipinski definition) is 1. The number of alkyl halides is 1. The summed E-state index contributed by atoms with van der Waals surface area (Å²) in [6, 6.07) is 7.63. The topological polar surface area (TPSA) is 21.3 Å². The number of benzene rings is 1. The molecule has 0 aliphatic carbocycles. The first kappa shape index (κ1) is 9.99. The number of para-hydroxylation sites is 1. The van der Waals surface area contributed by atoms with Gasteiger partial charge in [-0.15, -0.1) is 0 Å². The van der Waals surface area contributed by atoms with Crippen molar-refractivity contribution in [1.82, 2.24) is 5.32 Å². The van der Waals surface area contributed by atoms with Gasteiger partial charge in [-0.3, -0.25) is 0 Å². The Kier molecular flexibility index (Phi) is 4.26. The van der Waals surface area contributed by atoms with Gasteiger partial charge in [-0.25, -0.2) is 4.39 Å². The van der Waals surface area contributed by atoms with E-state index in [0.717, 1.165) is 17.9 Å². The van der Waals surface area contributed by atoms with Crippen LogP contribution in [0.2, 0.25) is 0 Å². The molecule has 0 heterocycles. The van der Waals surface area contributed by atoms with Crippen LogP contribution in [0.1, 0.15) is 5.56 Å². The molecule has 0 spiro atoms. The van der Waals surface area contributed by atoms with Gasteiger partial charge in [-0.05, 0) is 13.1 Å². The molecule has 1 N–H and O–H groups in total. The Hall–Kier alpha value is -1.09. The van der Waals surface area contributed by atoms with Gasteiger partial charge >= 0.3 is 0 Å². The second-order valence-corrected chi connectivity index (χ2v) is 2.68. The third-order valence-electron chi connectivity index (χ3n) is 1.67. The van der Waals surface area contributed by atoms with E-state index >= 15 is 0 Å². The summed E-state index contributed by atoms with van der Waals surface area (Å²) < 4.78 is 17.1. The van der Waals surface area contributed by atoms with Crippen molar-refractivity contribution in [2.24, 2.45) is 0 Å². The normalized spacial score (nSPS) is 10.0. The van der Waals surface area contributed by atoms with E-state index in [0.29, 0.717) is 0 Å². The molecule has 0 saturated heterocycles. The van der Waals surface area contributed by atoms with E-state index in [2.05, 4.69) is 5.32 Å². The third kappa shape index (κ3) is 3.03. The van der Waals surface area contributed by atoms with Gasteiger partial charge in [0.05, 0.1) is 0 Å². The van der Waals surface area contributed by atoms with Crippen LogP contribution in [-0.4, -0.2) is 20.3 Å². The minimum absolute atomic E-state index is 0.126. The average molecular weight is 183 g/mol. The SMILES string of the molecule is CNCc1ccccc1OCCF. The lowest BCUT2D eigenvalue weighted by Gasteiger charge is -2.09. The summed E-state index contributed by atoms with van der Waals surface area (Å²) in [4.78, 5) is 0. The van der Waals surface area contributed by atoms with Crippen LogP contribution in [0, 0.1) is 0 Å². The number of halogens is 1. The highest BCUT2D eigenvalue weighted by Gasteiger charge is 2.00. The molecule has 0 unspecified atom stereocenters. The van der Waals surface area contributed by atoms with E-state index in [-0.39, 0.29) is 6.61 Å². The van der Waals surface area contributed by atoms with Crippen molar-refractivity contribution in [1.29, 1.82) is 0 Å². The van der Waals surface area contributed by atoms with E-state index in [9.17, 15) is 4.39 Å². The van der Waals surface area contributed by atoms with Crippen LogP contribution < -0.4 is 10.1 Å². The third-order valence-corrected chi connectivity index (χ3v) is 1.67. The first-order chi connectivity index (χ1) is 6.38. The molecule has 0 aliphatic heterocycles. The number of ether oxygens (including phenoxy) is 1. The first-order valence-electron chi connectivity index (χ1n) is 4.29. The Bertz CT molecular complexity index is 252. The highest BCUT2D eigenvalue weighted by atomic mass is 19.1. The van der Waals surface area contributed by atoms with Crippen LogP contribution in [0.15, 0.2) is 24.3 Å². The molecule has 0 atom stereocenters. The standard InChI is InChI=1S/C10H14FNO/c1-12-8-9-4-2-3-5-10(9)13-7-6-11/h2-5,12H,6-8H2,1H3. The van der Waals surface area contributed by atoms with E-state index in [4.69, 9.17) is 4.74 Å². The van der Waals surface area contributed by atoms with Gasteiger partial charge in [0.2, 0.25) is 0 Å². The van der Waals surface area contributed by atoms with Gasteiger partial charge < -0.3 is 10.1 Å². The van der Waals surface area contributed by atoms with Crippen molar-refractivity contribution in [3.05, 3.63) is 29.8 Å². The fraction of sp³-hybridized carbons (Fsp3) is 0.400. The molecule has 2 nitrogen and oxygen atoms in total. The van der Waals surface area contributed by atoms with Crippen LogP contribution in [0.3, 0.4) is 0 Å². The fourth-order valence-corrected chi connectivity index (χ4v) is 1.13. The fourth-order valence-electron chi connectivity index (χ4n) is 1.13. The highest BCUT2D eigenvalue weighted by Crippen LogP contribution is 2.17. The molecule has 1 aromatic carbocycles. The Labute approximate surface area is 77.7 Å². The molecule has 0 fully saturated rings. The molecule has 13 heavy (non-hydrogen) atoms. The molecular formula is C10H14FNO. The van der Waals surface area contributed by atoms with Gasteiger partial charge in [-0.1, -0.05) is 18.2 Å². The molecule has 0 saturated carbocycles. The molecule has 0 aromatic heterocycles. The maximum absolute atomic E-state index is 11.9. The number of hydrogen-bond acceptors (Lipinski definition) is 2. The largest absolute Gasteiger partial charge is 0.491 e. The number of nitrogens with one attached hydrogen (secondary N) is 1. The minimum atomic E-state index is -0.451. The Morgan fingerprint density at radius 1 is 1.38 bits per heavy atom. The van der Waals surface area contributed by atoms with E-state index in [1.807, 2.05) is 31.3 Å². The van der Waals surface area contributed by atoms with Crippen LogP contribution in [0.5, 0.6) is 5.75 Å². The molecule has 0 amide bonds. The van der Waals surface area contributed by atoms with Gasteiger partial charge in [-0.2, -0.15) is 0 Å². The van der Waals surface area contributed by atoms with Gasteiger partial charge in [0.1, 0.15) is 19.0 Å². The molecule has 0 bridgehead atoms. The lowest BCUT2D eigenvalue weighted by atomic mass is 10.2. The van der Waals surface area contributed by atoms with Crippen LogP contribution in [0.25, 0.3) is 0 Å². The van der Waals surface area contributed by atoms with Crippen LogP contribution in [-0.2, 0) is 6.54 Å². The van der Waals surface area contributed by atoms with Gasteiger partial charge in [0.15, 0.2) is 0 Å². The summed E-state index contributed by atoms with van der Waals surface area (Å²) in [6.45, 7) is 0.414. The van der Waals surface area contributed by atoms with Crippen molar-refractivity contribution in [2.75, 3.05) is 20.3 Å². The van der Waals surface area contributed by atoms with Crippen molar-refractivity contribution < 1.29 is 9.13 Å². The lowest BCUT2D eigenvalue weighted by molar-refractivity contribution is 0.270. The second kappa shape index (κ2) is 5.54. The molecule has 0 aliphatic rings. The Morgan fingerprint density at radius 2 is 2.15 bits per heavy atom.